The minimum atomic E-state index is -1.09. The van der Waals surface area contributed by atoms with Crippen LogP contribution in [0.2, 0.25) is 0 Å². The van der Waals surface area contributed by atoms with Gasteiger partial charge in [-0.3, -0.25) is 9.78 Å². The van der Waals surface area contributed by atoms with Gasteiger partial charge in [0, 0.05) is 12.6 Å². The molecule has 1 N–H and O–H groups in total. The quantitative estimate of drug-likeness (QED) is 0.907. The number of aryl methyl sites for hydroxylation is 1. The number of carbonyl (C=O) groups is 2. The Balaban J connectivity index is 2.59. The number of pyridine rings is 1. The third-order valence-corrected chi connectivity index (χ3v) is 2.93. The SMILES string of the molecule is CC(C)(C)OC(=O)NC(C)(C)C(=O)CCc1ncccc1F. The van der Waals surface area contributed by atoms with Crippen LogP contribution < -0.4 is 5.32 Å². The number of amides is 1. The standard InChI is InChI=1S/C16H23FN2O3/c1-15(2,3)22-14(21)19-16(4,5)13(20)9-8-12-11(17)7-6-10-18-12/h6-7,10H,8-9H2,1-5H3,(H,19,21). The number of carbonyl (C=O) groups excluding carboxylic acids is 2. The second-order valence-electron chi connectivity index (χ2n) is 6.61. The van der Waals surface area contributed by atoms with E-state index >= 15 is 0 Å². The van der Waals surface area contributed by atoms with Gasteiger partial charge in [0.15, 0.2) is 5.78 Å². The Labute approximate surface area is 130 Å². The summed E-state index contributed by atoms with van der Waals surface area (Å²) in [6, 6.07) is 2.80. The second-order valence-corrected chi connectivity index (χ2v) is 6.61. The molecule has 0 aromatic carbocycles. The molecule has 0 aliphatic rings. The van der Waals surface area contributed by atoms with E-state index in [4.69, 9.17) is 4.74 Å². The van der Waals surface area contributed by atoms with Gasteiger partial charge in [-0.2, -0.15) is 0 Å². The van der Waals surface area contributed by atoms with Crippen LogP contribution in [0.15, 0.2) is 18.3 Å². The van der Waals surface area contributed by atoms with E-state index in [1.807, 2.05) is 0 Å². The summed E-state index contributed by atoms with van der Waals surface area (Å²) in [5, 5.41) is 2.54. The van der Waals surface area contributed by atoms with Crippen molar-refractivity contribution in [3.63, 3.8) is 0 Å². The third kappa shape index (κ3) is 5.79. The van der Waals surface area contributed by atoms with E-state index in [9.17, 15) is 14.0 Å². The van der Waals surface area contributed by atoms with Crippen LogP contribution in [0.5, 0.6) is 0 Å². The first kappa shape index (κ1) is 18.1. The van der Waals surface area contributed by atoms with Crippen molar-refractivity contribution < 1.29 is 18.7 Å². The van der Waals surface area contributed by atoms with E-state index in [-0.39, 0.29) is 24.3 Å². The molecule has 0 aliphatic heterocycles. The molecule has 0 aliphatic carbocycles. The van der Waals surface area contributed by atoms with Gasteiger partial charge < -0.3 is 10.1 Å². The smallest absolute Gasteiger partial charge is 0.408 e. The van der Waals surface area contributed by atoms with E-state index in [1.165, 1.54) is 18.3 Å². The lowest BCUT2D eigenvalue weighted by molar-refractivity contribution is -0.124. The Kier molecular flexibility index (Phi) is 5.63. The van der Waals surface area contributed by atoms with Gasteiger partial charge >= 0.3 is 6.09 Å². The molecule has 0 radical (unpaired) electrons. The fourth-order valence-corrected chi connectivity index (χ4v) is 1.78. The number of alkyl carbamates (subject to hydrolysis) is 1. The minimum absolute atomic E-state index is 0.0801. The highest BCUT2D eigenvalue weighted by atomic mass is 19.1. The first-order valence-electron chi connectivity index (χ1n) is 7.15. The maximum Gasteiger partial charge on any atom is 0.408 e. The molecule has 0 saturated carbocycles. The molecule has 0 spiro atoms. The molecule has 0 fully saturated rings. The van der Waals surface area contributed by atoms with Crippen molar-refractivity contribution in [1.82, 2.24) is 10.3 Å². The van der Waals surface area contributed by atoms with Crippen molar-refractivity contribution in [2.45, 2.75) is 58.6 Å². The molecule has 6 heteroatoms. The van der Waals surface area contributed by atoms with Crippen LogP contribution in [-0.4, -0.2) is 28.0 Å². The highest BCUT2D eigenvalue weighted by Crippen LogP contribution is 2.14. The largest absolute Gasteiger partial charge is 0.444 e. The molecule has 1 aromatic heterocycles. The lowest BCUT2D eigenvalue weighted by Gasteiger charge is -2.27. The van der Waals surface area contributed by atoms with Crippen LogP contribution >= 0.6 is 0 Å². The normalized spacial score (nSPS) is 11.9. The van der Waals surface area contributed by atoms with Gasteiger partial charge in [-0.05, 0) is 53.2 Å². The summed E-state index contributed by atoms with van der Waals surface area (Å²) in [5.74, 6) is -0.656. The van der Waals surface area contributed by atoms with Crippen molar-refractivity contribution in [3.05, 3.63) is 29.8 Å². The molecule has 1 amide bonds. The van der Waals surface area contributed by atoms with E-state index < -0.39 is 23.1 Å². The summed E-state index contributed by atoms with van der Waals surface area (Å²) in [4.78, 5) is 27.9. The maximum absolute atomic E-state index is 13.5. The zero-order valence-electron chi connectivity index (χ0n) is 13.7. The Hall–Kier alpha value is -1.98. The number of rotatable bonds is 5. The monoisotopic (exact) mass is 310 g/mol. The first-order valence-corrected chi connectivity index (χ1v) is 7.15. The summed E-state index contributed by atoms with van der Waals surface area (Å²) in [7, 11) is 0. The minimum Gasteiger partial charge on any atom is -0.444 e. The van der Waals surface area contributed by atoms with Gasteiger partial charge in [-0.1, -0.05) is 0 Å². The van der Waals surface area contributed by atoms with Crippen LogP contribution in [0.3, 0.4) is 0 Å². The number of ether oxygens (including phenoxy) is 1. The topological polar surface area (TPSA) is 68.3 Å². The molecule has 1 rings (SSSR count). The van der Waals surface area contributed by atoms with Gasteiger partial charge in [0.25, 0.3) is 0 Å². The number of halogens is 1. The Bertz CT molecular complexity index is 551. The average molecular weight is 310 g/mol. The molecule has 122 valence electrons. The lowest BCUT2D eigenvalue weighted by Crippen LogP contribution is -2.51. The van der Waals surface area contributed by atoms with Crippen molar-refractivity contribution >= 4 is 11.9 Å². The highest BCUT2D eigenvalue weighted by molar-refractivity contribution is 5.90. The van der Waals surface area contributed by atoms with Gasteiger partial charge in [-0.15, -0.1) is 0 Å². The van der Waals surface area contributed by atoms with E-state index in [0.717, 1.165) is 0 Å². The zero-order chi connectivity index (χ0) is 17.0. The molecule has 0 saturated heterocycles. The van der Waals surface area contributed by atoms with Gasteiger partial charge in [0.05, 0.1) is 11.2 Å². The van der Waals surface area contributed by atoms with Gasteiger partial charge in [0.1, 0.15) is 11.4 Å². The van der Waals surface area contributed by atoms with Crippen molar-refractivity contribution in [2.75, 3.05) is 0 Å². The lowest BCUT2D eigenvalue weighted by atomic mass is 9.95. The number of hydrogen-bond donors (Lipinski definition) is 1. The van der Waals surface area contributed by atoms with Crippen LogP contribution in [0.25, 0.3) is 0 Å². The molecule has 0 atom stereocenters. The summed E-state index contributed by atoms with van der Waals surface area (Å²) in [6.45, 7) is 8.41. The molecule has 5 nitrogen and oxygen atoms in total. The number of ketones is 1. The Morgan fingerprint density at radius 1 is 1.27 bits per heavy atom. The number of nitrogens with zero attached hydrogens (tertiary/aromatic N) is 1. The fraction of sp³-hybridized carbons (Fsp3) is 0.562. The van der Waals surface area contributed by atoms with E-state index in [2.05, 4.69) is 10.3 Å². The summed E-state index contributed by atoms with van der Waals surface area (Å²) in [6.07, 6.45) is 1.09. The summed E-state index contributed by atoms with van der Waals surface area (Å²) >= 11 is 0. The Morgan fingerprint density at radius 3 is 2.45 bits per heavy atom. The van der Waals surface area contributed by atoms with Crippen LogP contribution in [0.4, 0.5) is 9.18 Å². The first-order chi connectivity index (χ1) is 10.0. The zero-order valence-corrected chi connectivity index (χ0v) is 13.7. The number of nitrogens with one attached hydrogen (secondary N) is 1. The van der Waals surface area contributed by atoms with Gasteiger partial charge in [0.2, 0.25) is 0 Å². The molecule has 1 aromatic rings. The molecular formula is C16H23FN2O3. The molecular weight excluding hydrogens is 287 g/mol. The fourth-order valence-electron chi connectivity index (χ4n) is 1.78. The summed E-state index contributed by atoms with van der Waals surface area (Å²) in [5.41, 5.74) is -1.49. The molecule has 1 heterocycles. The van der Waals surface area contributed by atoms with E-state index in [1.54, 1.807) is 34.6 Å². The second kappa shape index (κ2) is 6.85. The number of aromatic nitrogens is 1. The van der Waals surface area contributed by atoms with Crippen molar-refractivity contribution in [1.29, 1.82) is 0 Å². The third-order valence-electron chi connectivity index (χ3n) is 2.93. The summed E-state index contributed by atoms with van der Waals surface area (Å²) < 4.78 is 18.6. The molecule has 0 unspecified atom stereocenters. The van der Waals surface area contributed by atoms with Gasteiger partial charge in [-0.25, -0.2) is 9.18 Å². The molecule has 0 bridgehead atoms. The van der Waals surface area contributed by atoms with Crippen LogP contribution in [-0.2, 0) is 16.0 Å². The predicted molar refractivity (Wildman–Crippen MR) is 81.0 cm³/mol. The van der Waals surface area contributed by atoms with Crippen LogP contribution in [0, 0.1) is 5.82 Å². The number of Topliss-reactive ketones (excluding diaryl/α,β-unsaturated/α-hetero) is 1. The van der Waals surface area contributed by atoms with Crippen molar-refractivity contribution in [2.24, 2.45) is 0 Å². The molecule has 22 heavy (non-hydrogen) atoms. The Morgan fingerprint density at radius 2 is 1.91 bits per heavy atom. The van der Waals surface area contributed by atoms with E-state index in [0.29, 0.717) is 0 Å². The average Bonchev–Trinajstić information content (AvgIpc) is 2.34. The predicted octanol–water partition coefficient (Wildman–Crippen LogP) is 3.03. The highest BCUT2D eigenvalue weighted by Gasteiger charge is 2.31. The maximum atomic E-state index is 13.5. The van der Waals surface area contributed by atoms with Crippen LogP contribution in [0.1, 0.15) is 46.7 Å². The van der Waals surface area contributed by atoms with Crippen molar-refractivity contribution in [3.8, 4) is 0 Å². The number of hydrogen-bond acceptors (Lipinski definition) is 4.